The molecule has 0 aliphatic carbocycles. The third-order valence-corrected chi connectivity index (χ3v) is 4.18. The highest BCUT2D eigenvalue weighted by Gasteiger charge is 2.20. The van der Waals surface area contributed by atoms with E-state index in [4.69, 9.17) is 11.5 Å². The van der Waals surface area contributed by atoms with Gasteiger partial charge in [0.15, 0.2) is 0 Å². The van der Waals surface area contributed by atoms with Gasteiger partial charge >= 0.3 is 0 Å². The Morgan fingerprint density at radius 3 is 2.57 bits per heavy atom. The molecule has 0 radical (unpaired) electrons. The van der Waals surface area contributed by atoms with Gasteiger partial charge in [-0.2, -0.15) is 0 Å². The molecule has 0 bridgehead atoms. The summed E-state index contributed by atoms with van der Waals surface area (Å²) >= 11 is 0. The minimum Gasteiger partial charge on any atom is -0.508 e. The van der Waals surface area contributed by atoms with Crippen LogP contribution in [0.3, 0.4) is 0 Å². The molecule has 3 aromatic rings. The molecule has 3 rings (SSSR count). The van der Waals surface area contributed by atoms with Crippen LogP contribution in [-0.4, -0.2) is 15.2 Å². The summed E-state index contributed by atoms with van der Waals surface area (Å²) in [5.41, 5.74) is 16.7. The van der Waals surface area contributed by atoms with Crippen LogP contribution in [0, 0.1) is 13.8 Å². The molecule has 5 nitrogen and oxygen atoms in total. The molecule has 5 heteroatoms. The van der Waals surface area contributed by atoms with Gasteiger partial charge in [0.1, 0.15) is 12.0 Å². The van der Waals surface area contributed by atoms with Crippen LogP contribution in [0.4, 0.5) is 5.69 Å². The number of phenolic OH excluding ortho intramolecular Hbond substituents is 1. The van der Waals surface area contributed by atoms with Gasteiger partial charge in [0.25, 0.3) is 0 Å². The van der Waals surface area contributed by atoms with Gasteiger partial charge < -0.3 is 21.7 Å². The molecule has 118 valence electrons. The lowest BCUT2D eigenvalue weighted by Crippen LogP contribution is -2.12. The fraction of sp³-hybridized carbons (Fsp3) is 0.167. The number of aliphatic hydroxyl groups is 1. The van der Waals surface area contributed by atoms with Gasteiger partial charge in [-0.25, -0.2) is 0 Å². The number of rotatable bonds is 2. The largest absolute Gasteiger partial charge is 0.508 e. The van der Waals surface area contributed by atoms with E-state index in [0.717, 1.165) is 16.5 Å². The predicted octanol–water partition coefficient (Wildman–Crippen LogP) is 2.76. The maximum Gasteiger partial charge on any atom is 0.130 e. The second kappa shape index (κ2) is 5.53. The maximum atomic E-state index is 10.1. The Hall–Kier alpha value is -2.63. The van der Waals surface area contributed by atoms with Crippen molar-refractivity contribution in [3.8, 4) is 16.9 Å². The summed E-state index contributed by atoms with van der Waals surface area (Å²) in [6.07, 6.45) is 0.508. The molecule has 0 fully saturated rings. The van der Waals surface area contributed by atoms with Gasteiger partial charge in [-0.1, -0.05) is 12.1 Å². The normalized spacial score (nSPS) is 12.5. The Balaban J connectivity index is 2.51. The molecule has 0 aliphatic heterocycles. The highest BCUT2D eigenvalue weighted by molar-refractivity contribution is 6.02. The third kappa shape index (κ3) is 2.40. The first-order valence-corrected chi connectivity index (χ1v) is 7.32. The van der Waals surface area contributed by atoms with Crippen LogP contribution in [-0.2, 0) is 0 Å². The molecular formula is C18H19N3O2. The van der Waals surface area contributed by atoms with Crippen LogP contribution in [0.25, 0.3) is 22.0 Å². The van der Waals surface area contributed by atoms with Crippen molar-refractivity contribution >= 4 is 16.6 Å². The van der Waals surface area contributed by atoms with Gasteiger partial charge in [-0.05, 0) is 48.7 Å². The van der Waals surface area contributed by atoms with E-state index in [1.807, 2.05) is 32.0 Å². The zero-order valence-corrected chi connectivity index (χ0v) is 13.0. The monoisotopic (exact) mass is 309 g/mol. The van der Waals surface area contributed by atoms with Crippen molar-refractivity contribution in [1.82, 2.24) is 4.98 Å². The number of nitrogens with two attached hydrogens (primary N) is 2. The first-order valence-electron chi connectivity index (χ1n) is 7.32. The van der Waals surface area contributed by atoms with Crippen molar-refractivity contribution in [3.63, 3.8) is 0 Å². The number of hydrogen-bond acceptors (Lipinski definition) is 5. The summed E-state index contributed by atoms with van der Waals surface area (Å²) in [6.45, 7) is 3.78. The van der Waals surface area contributed by atoms with E-state index in [0.29, 0.717) is 27.9 Å². The SMILES string of the molecule is Cc1ccc(O)c(C)c1-c1c(N)c(C(N)O)cc2cccnc12. The first kappa shape index (κ1) is 15.3. The topological polar surface area (TPSA) is 105 Å². The minimum atomic E-state index is -1.18. The number of aliphatic hydroxyl groups excluding tert-OH is 1. The van der Waals surface area contributed by atoms with Gasteiger partial charge in [-0.3, -0.25) is 4.98 Å². The van der Waals surface area contributed by atoms with Crippen molar-refractivity contribution in [2.45, 2.75) is 20.1 Å². The molecule has 0 spiro atoms. The molecule has 0 saturated carbocycles. The number of pyridine rings is 1. The predicted molar refractivity (Wildman–Crippen MR) is 91.9 cm³/mol. The van der Waals surface area contributed by atoms with Crippen LogP contribution in [0.1, 0.15) is 22.9 Å². The Kier molecular flexibility index (Phi) is 3.67. The molecule has 1 aromatic heterocycles. The van der Waals surface area contributed by atoms with Crippen LogP contribution in [0.2, 0.25) is 0 Å². The number of aromatic hydroxyl groups is 1. The van der Waals surface area contributed by atoms with E-state index in [-0.39, 0.29) is 5.75 Å². The van der Waals surface area contributed by atoms with E-state index in [2.05, 4.69) is 4.98 Å². The lowest BCUT2D eigenvalue weighted by atomic mass is 9.90. The number of benzene rings is 2. The average Bonchev–Trinajstić information content (AvgIpc) is 2.52. The number of nitrogen functional groups attached to an aromatic ring is 1. The molecule has 2 aromatic carbocycles. The Labute approximate surface area is 134 Å². The molecule has 1 unspecified atom stereocenters. The van der Waals surface area contributed by atoms with Gasteiger partial charge in [-0.15, -0.1) is 0 Å². The number of phenols is 1. The van der Waals surface area contributed by atoms with E-state index >= 15 is 0 Å². The van der Waals surface area contributed by atoms with E-state index < -0.39 is 6.23 Å². The number of hydrogen-bond donors (Lipinski definition) is 4. The number of fused-ring (bicyclic) bond motifs is 1. The van der Waals surface area contributed by atoms with Crippen LogP contribution in [0.15, 0.2) is 36.5 Å². The van der Waals surface area contributed by atoms with E-state index in [1.54, 1.807) is 18.3 Å². The van der Waals surface area contributed by atoms with Crippen molar-refractivity contribution in [3.05, 3.63) is 53.2 Å². The average molecular weight is 309 g/mol. The zero-order chi connectivity index (χ0) is 16.7. The lowest BCUT2D eigenvalue weighted by Gasteiger charge is -2.19. The van der Waals surface area contributed by atoms with Crippen molar-refractivity contribution in [2.75, 3.05) is 5.73 Å². The van der Waals surface area contributed by atoms with Gasteiger partial charge in [0.2, 0.25) is 0 Å². The maximum absolute atomic E-state index is 10.1. The van der Waals surface area contributed by atoms with Crippen LogP contribution in [0.5, 0.6) is 5.75 Å². The standard InChI is InChI=1S/C18H19N3O2/c1-9-5-6-13(22)10(2)14(9)15-16(19)12(18(20)23)8-11-4-3-7-21-17(11)15/h3-8,18,22-23H,19-20H2,1-2H3. The molecule has 6 N–H and O–H groups in total. The molecule has 0 amide bonds. The highest BCUT2D eigenvalue weighted by atomic mass is 16.3. The minimum absolute atomic E-state index is 0.188. The fourth-order valence-corrected chi connectivity index (χ4v) is 2.98. The third-order valence-electron chi connectivity index (χ3n) is 4.18. The molecular weight excluding hydrogens is 290 g/mol. The Morgan fingerprint density at radius 1 is 1.13 bits per heavy atom. The summed E-state index contributed by atoms with van der Waals surface area (Å²) in [7, 11) is 0. The van der Waals surface area contributed by atoms with E-state index in [9.17, 15) is 10.2 Å². The molecule has 1 atom stereocenters. The summed E-state index contributed by atoms with van der Waals surface area (Å²) in [5.74, 6) is 0.188. The quantitative estimate of drug-likeness (QED) is 0.430. The Morgan fingerprint density at radius 2 is 1.87 bits per heavy atom. The number of nitrogens with zero attached hydrogens (tertiary/aromatic N) is 1. The summed E-state index contributed by atoms with van der Waals surface area (Å²) in [6, 6.07) is 8.94. The second-order valence-electron chi connectivity index (χ2n) is 5.68. The second-order valence-corrected chi connectivity index (χ2v) is 5.68. The summed E-state index contributed by atoms with van der Waals surface area (Å²) in [5, 5.41) is 20.8. The summed E-state index contributed by atoms with van der Waals surface area (Å²) < 4.78 is 0. The van der Waals surface area contributed by atoms with E-state index in [1.165, 1.54) is 0 Å². The van der Waals surface area contributed by atoms with Crippen LogP contribution >= 0.6 is 0 Å². The molecule has 0 saturated heterocycles. The molecule has 1 heterocycles. The number of aromatic nitrogens is 1. The number of aryl methyl sites for hydroxylation is 1. The Bertz CT molecular complexity index is 904. The molecule has 0 aliphatic rings. The zero-order valence-electron chi connectivity index (χ0n) is 13.0. The van der Waals surface area contributed by atoms with Gasteiger partial charge in [0, 0.05) is 28.4 Å². The van der Waals surface area contributed by atoms with Crippen molar-refractivity contribution in [2.24, 2.45) is 5.73 Å². The highest BCUT2D eigenvalue weighted by Crippen LogP contribution is 2.41. The number of anilines is 1. The summed E-state index contributed by atoms with van der Waals surface area (Å²) in [4.78, 5) is 4.45. The van der Waals surface area contributed by atoms with Gasteiger partial charge in [0.05, 0.1) is 5.52 Å². The van der Waals surface area contributed by atoms with Crippen LogP contribution < -0.4 is 11.5 Å². The fourth-order valence-electron chi connectivity index (χ4n) is 2.98. The first-order chi connectivity index (χ1) is 10.9. The van der Waals surface area contributed by atoms with Crippen molar-refractivity contribution in [1.29, 1.82) is 0 Å². The lowest BCUT2D eigenvalue weighted by molar-refractivity contribution is 0.187. The van der Waals surface area contributed by atoms with Crippen molar-refractivity contribution < 1.29 is 10.2 Å². The smallest absolute Gasteiger partial charge is 0.130 e. The molecule has 23 heavy (non-hydrogen) atoms.